The third-order valence-electron chi connectivity index (χ3n) is 5.30. The number of carbonyl (C=O) groups excluding carboxylic acids is 1. The number of para-hydroxylation sites is 1. The first kappa shape index (κ1) is 23.2. The van der Waals surface area contributed by atoms with Gasteiger partial charge in [0.25, 0.3) is 10.0 Å². The maximum absolute atomic E-state index is 13.3. The maximum atomic E-state index is 13.3. The second kappa shape index (κ2) is 10.7. The van der Waals surface area contributed by atoms with E-state index in [1.54, 1.807) is 30.3 Å². The molecule has 1 N–H and O–H groups in total. The van der Waals surface area contributed by atoms with Crippen molar-refractivity contribution >= 4 is 21.6 Å². The van der Waals surface area contributed by atoms with Crippen molar-refractivity contribution in [2.75, 3.05) is 57.2 Å². The van der Waals surface area contributed by atoms with Gasteiger partial charge < -0.3 is 15.1 Å². The van der Waals surface area contributed by atoms with E-state index in [9.17, 15) is 17.6 Å². The van der Waals surface area contributed by atoms with Crippen LogP contribution < -0.4 is 9.62 Å². The standard InChI is InChI=1S/C22H29FN4O3S/c1-25-14-16-26(17-15-25)13-5-12-24-22(28)18-27(20-6-3-2-4-7-20)31(29,30)21-10-8-19(23)9-11-21/h2-4,6-11H,5,12-18H2,1H3,(H,24,28). The Morgan fingerprint density at radius 1 is 1.03 bits per heavy atom. The number of amides is 1. The highest BCUT2D eigenvalue weighted by Gasteiger charge is 2.27. The highest BCUT2D eigenvalue weighted by molar-refractivity contribution is 7.92. The fraction of sp³-hybridized carbons (Fsp3) is 0.409. The molecule has 0 unspecified atom stereocenters. The van der Waals surface area contributed by atoms with Crippen LogP contribution in [0.15, 0.2) is 59.5 Å². The van der Waals surface area contributed by atoms with Crippen molar-refractivity contribution in [1.29, 1.82) is 0 Å². The number of halogens is 1. The number of nitrogens with one attached hydrogen (secondary N) is 1. The molecule has 1 amide bonds. The second-order valence-corrected chi connectivity index (χ2v) is 9.51. The van der Waals surface area contributed by atoms with Crippen LogP contribution in [-0.2, 0) is 14.8 Å². The molecule has 0 aromatic heterocycles. The summed E-state index contributed by atoms with van der Waals surface area (Å²) in [5.41, 5.74) is 0.374. The van der Waals surface area contributed by atoms with Gasteiger partial charge in [0.1, 0.15) is 12.4 Å². The predicted molar refractivity (Wildman–Crippen MR) is 119 cm³/mol. The minimum atomic E-state index is -4.03. The number of hydrogen-bond donors (Lipinski definition) is 1. The van der Waals surface area contributed by atoms with Crippen LogP contribution in [0.25, 0.3) is 0 Å². The second-order valence-electron chi connectivity index (χ2n) is 7.65. The van der Waals surface area contributed by atoms with Crippen molar-refractivity contribution in [2.45, 2.75) is 11.3 Å². The molecule has 2 aromatic carbocycles. The van der Waals surface area contributed by atoms with Crippen LogP contribution in [0.4, 0.5) is 10.1 Å². The molecule has 0 spiro atoms. The fourth-order valence-corrected chi connectivity index (χ4v) is 4.85. The first-order valence-electron chi connectivity index (χ1n) is 10.4. The normalized spacial score (nSPS) is 15.5. The van der Waals surface area contributed by atoms with Crippen molar-refractivity contribution in [3.05, 3.63) is 60.4 Å². The van der Waals surface area contributed by atoms with Gasteiger partial charge in [0.05, 0.1) is 10.6 Å². The van der Waals surface area contributed by atoms with Gasteiger partial charge in [0.2, 0.25) is 5.91 Å². The molecule has 1 saturated heterocycles. The van der Waals surface area contributed by atoms with E-state index >= 15 is 0 Å². The van der Waals surface area contributed by atoms with E-state index in [-0.39, 0.29) is 17.3 Å². The summed E-state index contributed by atoms with van der Waals surface area (Å²) in [5, 5.41) is 2.82. The van der Waals surface area contributed by atoms with Crippen LogP contribution in [0.2, 0.25) is 0 Å². The van der Waals surface area contributed by atoms with E-state index in [2.05, 4.69) is 22.2 Å². The number of benzene rings is 2. The number of nitrogens with zero attached hydrogens (tertiary/aromatic N) is 3. The topological polar surface area (TPSA) is 73.0 Å². The minimum absolute atomic E-state index is 0.0689. The summed E-state index contributed by atoms with van der Waals surface area (Å²) in [4.78, 5) is 17.1. The van der Waals surface area contributed by atoms with E-state index < -0.39 is 15.8 Å². The Kier molecular flexibility index (Phi) is 8.00. The fourth-order valence-electron chi connectivity index (χ4n) is 3.43. The molecule has 1 aliphatic heterocycles. The molecule has 3 rings (SSSR count). The van der Waals surface area contributed by atoms with Crippen molar-refractivity contribution in [3.63, 3.8) is 0 Å². The molecule has 0 bridgehead atoms. The Labute approximate surface area is 183 Å². The highest BCUT2D eigenvalue weighted by atomic mass is 32.2. The molecule has 0 saturated carbocycles. The Balaban J connectivity index is 1.61. The zero-order valence-electron chi connectivity index (χ0n) is 17.7. The van der Waals surface area contributed by atoms with Crippen molar-refractivity contribution in [1.82, 2.24) is 15.1 Å². The summed E-state index contributed by atoms with van der Waals surface area (Å²) < 4.78 is 40.6. The lowest BCUT2D eigenvalue weighted by atomic mass is 10.3. The molecule has 168 valence electrons. The van der Waals surface area contributed by atoms with Gasteiger partial charge in [-0.3, -0.25) is 9.10 Å². The average molecular weight is 449 g/mol. The Bertz CT molecular complexity index is 946. The van der Waals surface area contributed by atoms with Crippen LogP contribution in [-0.4, -0.2) is 77.0 Å². The molecule has 1 aliphatic rings. The van der Waals surface area contributed by atoms with Crippen molar-refractivity contribution in [3.8, 4) is 0 Å². The van der Waals surface area contributed by atoms with Gasteiger partial charge in [0, 0.05) is 32.7 Å². The molecule has 9 heteroatoms. The summed E-state index contributed by atoms with van der Waals surface area (Å²) in [7, 11) is -1.92. The summed E-state index contributed by atoms with van der Waals surface area (Å²) in [6.07, 6.45) is 0.797. The van der Waals surface area contributed by atoms with Gasteiger partial charge in [0.15, 0.2) is 0 Å². The maximum Gasteiger partial charge on any atom is 0.264 e. The molecule has 0 radical (unpaired) electrons. The third-order valence-corrected chi connectivity index (χ3v) is 7.09. The van der Waals surface area contributed by atoms with Crippen LogP contribution >= 0.6 is 0 Å². The highest BCUT2D eigenvalue weighted by Crippen LogP contribution is 2.23. The lowest BCUT2D eigenvalue weighted by Gasteiger charge is -2.32. The smallest absolute Gasteiger partial charge is 0.264 e. The average Bonchev–Trinajstić information content (AvgIpc) is 2.77. The van der Waals surface area contributed by atoms with Crippen LogP contribution in [0, 0.1) is 5.82 Å². The number of carbonyl (C=O) groups is 1. The minimum Gasteiger partial charge on any atom is -0.354 e. The SMILES string of the molecule is CN1CCN(CCCNC(=O)CN(c2ccccc2)S(=O)(=O)c2ccc(F)cc2)CC1. The van der Waals surface area contributed by atoms with E-state index in [0.29, 0.717) is 12.2 Å². The van der Waals surface area contributed by atoms with Crippen molar-refractivity contribution in [2.24, 2.45) is 0 Å². The lowest BCUT2D eigenvalue weighted by Crippen LogP contribution is -2.45. The molecule has 0 atom stereocenters. The van der Waals surface area contributed by atoms with E-state index in [1.165, 1.54) is 12.1 Å². The van der Waals surface area contributed by atoms with Gasteiger partial charge >= 0.3 is 0 Å². The molecular weight excluding hydrogens is 419 g/mol. The van der Waals surface area contributed by atoms with Crippen molar-refractivity contribution < 1.29 is 17.6 Å². The van der Waals surface area contributed by atoms with E-state index in [0.717, 1.165) is 55.6 Å². The Morgan fingerprint density at radius 2 is 1.68 bits per heavy atom. The van der Waals surface area contributed by atoms with Gasteiger partial charge in [-0.05, 0) is 56.4 Å². The van der Waals surface area contributed by atoms with Gasteiger partial charge in [-0.25, -0.2) is 12.8 Å². The van der Waals surface area contributed by atoms with Crippen LogP contribution in [0.1, 0.15) is 6.42 Å². The third kappa shape index (κ3) is 6.49. The monoisotopic (exact) mass is 448 g/mol. The number of anilines is 1. The molecule has 2 aromatic rings. The first-order valence-corrected chi connectivity index (χ1v) is 11.8. The molecule has 31 heavy (non-hydrogen) atoms. The molecule has 0 aliphatic carbocycles. The lowest BCUT2D eigenvalue weighted by molar-refractivity contribution is -0.119. The van der Waals surface area contributed by atoms with E-state index in [4.69, 9.17) is 0 Å². The Hall–Kier alpha value is -2.49. The van der Waals surface area contributed by atoms with Gasteiger partial charge in [-0.15, -0.1) is 0 Å². The summed E-state index contributed by atoms with van der Waals surface area (Å²) in [6.45, 7) is 5.14. The molecular formula is C22H29FN4O3S. The zero-order chi connectivity index (χ0) is 22.3. The van der Waals surface area contributed by atoms with Gasteiger partial charge in [-0.2, -0.15) is 0 Å². The molecule has 1 heterocycles. The predicted octanol–water partition coefficient (Wildman–Crippen LogP) is 1.77. The van der Waals surface area contributed by atoms with Crippen LogP contribution in [0.3, 0.4) is 0 Å². The number of likely N-dealkylation sites (N-methyl/N-ethyl adjacent to an activating group) is 1. The summed E-state index contributed by atoms with van der Waals surface area (Å²) >= 11 is 0. The number of piperazine rings is 1. The number of rotatable bonds is 9. The quantitative estimate of drug-likeness (QED) is 0.592. The molecule has 1 fully saturated rings. The van der Waals surface area contributed by atoms with Gasteiger partial charge in [-0.1, -0.05) is 18.2 Å². The van der Waals surface area contributed by atoms with Crippen LogP contribution in [0.5, 0.6) is 0 Å². The summed E-state index contributed by atoms with van der Waals surface area (Å²) in [6, 6.07) is 13.0. The first-order chi connectivity index (χ1) is 14.9. The Morgan fingerprint density at radius 3 is 2.32 bits per heavy atom. The number of hydrogen-bond acceptors (Lipinski definition) is 5. The summed E-state index contributed by atoms with van der Waals surface area (Å²) in [5.74, 6) is -0.906. The molecule has 7 nitrogen and oxygen atoms in total. The van der Waals surface area contributed by atoms with E-state index in [1.807, 2.05) is 0 Å². The number of sulfonamides is 1. The largest absolute Gasteiger partial charge is 0.354 e. The zero-order valence-corrected chi connectivity index (χ0v) is 18.5.